The van der Waals surface area contributed by atoms with Crippen LogP contribution in [0.25, 0.3) is 0 Å². The van der Waals surface area contributed by atoms with Crippen LogP contribution < -0.4 is 9.47 Å². The molecule has 1 N–H and O–H groups in total. The van der Waals surface area contributed by atoms with Crippen LogP contribution in [0.15, 0.2) is 24.3 Å². The van der Waals surface area contributed by atoms with Crippen LogP contribution in [0.4, 0.5) is 0 Å². The number of ether oxygens (including phenoxy) is 2. The van der Waals surface area contributed by atoms with Crippen molar-refractivity contribution in [3.05, 3.63) is 35.4 Å². The zero-order valence-electron chi connectivity index (χ0n) is 23.4. The monoisotopic (exact) mass is 506 g/mol. The van der Waals surface area contributed by atoms with E-state index in [2.05, 4.69) is 48.9 Å². The van der Waals surface area contributed by atoms with Crippen molar-refractivity contribution in [2.24, 2.45) is 16.7 Å². The van der Waals surface area contributed by atoms with Gasteiger partial charge in [-0.15, -0.1) is 0 Å². The van der Waals surface area contributed by atoms with E-state index in [-0.39, 0.29) is 11.5 Å². The lowest BCUT2D eigenvalue weighted by molar-refractivity contribution is -0.156. The maximum absolute atomic E-state index is 10.4. The molecule has 1 aromatic carbocycles. The number of benzene rings is 1. The molecule has 1 spiro atoms. The molecule has 5 heteroatoms. The predicted molar refractivity (Wildman–Crippen MR) is 146 cm³/mol. The third kappa shape index (κ3) is 3.74. The highest BCUT2D eigenvalue weighted by Gasteiger charge is 2.61. The van der Waals surface area contributed by atoms with Gasteiger partial charge in [-0.25, -0.2) is 0 Å². The van der Waals surface area contributed by atoms with E-state index < -0.39 is 6.10 Å². The smallest absolute Gasteiger partial charge is 0.166 e. The highest BCUT2D eigenvalue weighted by Crippen LogP contribution is 2.67. The second-order valence-electron chi connectivity index (χ2n) is 14.6. The minimum absolute atomic E-state index is 0.0116. The first-order valence-electron chi connectivity index (χ1n) is 14.8. The molecule has 2 aliphatic heterocycles. The van der Waals surface area contributed by atoms with Crippen LogP contribution in [0.5, 0.6) is 11.5 Å². The first-order chi connectivity index (χ1) is 17.6. The Morgan fingerprint density at radius 2 is 1.92 bits per heavy atom. The van der Waals surface area contributed by atoms with Crippen LogP contribution in [0.1, 0.15) is 82.8 Å². The Hall–Kier alpha value is -1.56. The maximum atomic E-state index is 10.4. The fraction of sp³-hybridized carbons (Fsp3) is 0.750. The first kappa shape index (κ1) is 24.5. The third-order valence-electron chi connectivity index (χ3n) is 11.4. The van der Waals surface area contributed by atoms with Gasteiger partial charge in [0.2, 0.25) is 0 Å². The molecule has 5 aliphatic carbocycles. The fourth-order valence-corrected chi connectivity index (χ4v) is 10.8. The van der Waals surface area contributed by atoms with Crippen molar-refractivity contribution in [1.82, 2.24) is 9.80 Å². The Bertz CT molecular complexity index is 1100. The number of hydrogen-bond acceptors (Lipinski definition) is 5. The van der Waals surface area contributed by atoms with Crippen LogP contribution in [-0.4, -0.2) is 66.4 Å². The SMILES string of the molecule is COc1ccc2c3c1O[C@H]1C[C@@H](O)C=C[C@@]31CCN(CCCN(C)C13CC4CC(C)(CC(C)(C4)C1)C3)C2. The predicted octanol–water partition coefficient (Wildman–Crippen LogP) is 5.29. The van der Waals surface area contributed by atoms with Gasteiger partial charge < -0.3 is 19.5 Å². The van der Waals surface area contributed by atoms with Crippen molar-refractivity contribution < 1.29 is 14.6 Å². The van der Waals surface area contributed by atoms with Crippen molar-refractivity contribution >= 4 is 0 Å². The first-order valence-corrected chi connectivity index (χ1v) is 14.8. The molecule has 4 bridgehead atoms. The number of aliphatic hydroxyl groups is 1. The minimum atomic E-state index is -0.427. The van der Waals surface area contributed by atoms with Crippen molar-refractivity contribution in [2.45, 2.75) is 101 Å². The second-order valence-corrected chi connectivity index (χ2v) is 14.6. The third-order valence-corrected chi connectivity index (χ3v) is 11.4. The van der Waals surface area contributed by atoms with Gasteiger partial charge in [-0.1, -0.05) is 32.1 Å². The molecule has 0 aromatic heterocycles. The summed E-state index contributed by atoms with van der Waals surface area (Å²) >= 11 is 0. The Morgan fingerprint density at radius 3 is 2.65 bits per heavy atom. The summed E-state index contributed by atoms with van der Waals surface area (Å²) in [5.41, 5.74) is 4.10. The molecule has 202 valence electrons. The van der Waals surface area contributed by atoms with Gasteiger partial charge in [0.05, 0.1) is 18.6 Å². The Morgan fingerprint density at radius 1 is 1.14 bits per heavy atom. The second kappa shape index (κ2) is 8.22. The Kier molecular flexibility index (Phi) is 5.44. The molecule has 0 saturated heterocycles. The lowest BCUT2D eigenvalue weighted by Gasteiger charge is -2.67. The molecule has 2 unspecified atom stereocenters. The van der Waals surface area contributed by atoms with Crippen molar-refractivity contribution in [1.29, 1.82) is 0 Å². The number of aliphatic hydroxyl groups excluding tert-OH is 1. The molecule has 0 amide bonds. The lowest BCUT2D eigenvalue weighted by Crippen LogP contribution is -2.64. The van der Waals surface area contributed by atoms with Crippen LogP contribution in [0.2, 0.25) is 0 Å². The molecular weight excluding hydrogens is 460 g/mol. The minimum Gasteiger partial charge on any atom is -0.493 e. The van der Waals surface area contributed by atoms with Crippen LogP contribution in [0.3, 0.4) is 0 Å². The molecule has 5 nitrogen and oxygen atoms in total. The van der Waals surface area contributed by atoms with Gasteiger partial charge in [0.1, 0.15) is 6.10 Å². The van der Waals surface area contributed by atoms with Crippen LogP contribution in [0, 0.1) is 16.7 Å². The van der Waals surface area contributed by atoms with E-state index >= 15 is 0 Å². The molecule has 1 aromatic rings. The van der Waals surface area contributed by atoms with Gasteiger partial charge in [0, 0.05) is 24.1 Å². The van der Waals surface area contributed by atoms with E-state index in [9.17, 15) is 5.11 Å². The molecule has 4 saturated carbocycles. The Balaban J connectivity index is 1.07. The summed E-state index contributed by atoms with van der Waals surface area (Å²) in [5.74, 6) is 2.68. The molecule has 8 rings (SSSR count). The average molecular weight is 507 g/mol. The van der Waals surface area contributed by atoms with Gasteiger partial charge in [0.25, 0.3) is 0 Å². The van der Waals surface area contributed by atoms with Gasteiger partial charge in [0.15, 0.2) is 11.5 Å². The zero-order chi connectivity index (χ0) is 25.6. The summed E-state index contributed by atoms with van der Waals surface area (Å²) in [5, 5.41) is 10.4. The maximum Gasteiger partial charge on any atom is 0.166 e. The normalized spacial score (nSPS) is 43.5. The number of hydrogen-bond donors (Lipinski definition) is 1. The summed E-state index contributed by atoms with van der Waals surface area (Å²) in [6, 6.07) is 4.33. The molecule has 0 radical (unpaired) electrons. The number of methoxy groups -OCH3 is 1. The molecular formula is C32H46N2O3. The molecule has 2 heterocycles. The summed E-state index contributed by atoms with van der Waals surface area (Å²) in [7, 11) is 4.16. The highest BCUT2D eigenvalue weighted by molar-refractivity contribution is 5.61. The van der Waals surface area contributed by atoms with Crippen LogP contribution >= 0.6 is 0 Å². The summed E-state index contributed by atoms with van der Waals surface area (Å²) in [6.07, 6.45) is 15.3. The average Bonchev–Trinajstić information content (AvgIpc) is 3.05. The van der Waals surface area contributed by atoms with Crippen molar-refractivity contribution in [2.75, 3.05) is 33.8 Å². The molecule has 5 atom stereocenters. The van der Waals surface area contributed by atoms with E-state index in [1.807, 2.05) is 6.08 Å². The summed E-state index contributed by atoms with van der Waals surface area (Å²) < 4.78 is 12.2. The highest BCUT2D eigenvalue weighted by atomic mass is 16.5. The Labute approximate surface area is 223 Å². The van der Waals surface area contributed by atoms with Gasteiger partial charge in [-0.3, -0.25) is 4.90 Å². The van der Waals surface area contributed by atoms with E-state index in [1.165, 1.54) is 62.6 Å². The summed E-state index contributed by atoms with van der Waals surface area (Å²) in [4.78, 5) is 5.46. The van der Waals surface area contributed by atoms with Crippen molar-refractivity contribution in [3.8, 4) is 11.5 Å². The summed E-state index contributed by atoms with van der Waals surface area (Å²) in [6.45, 7) is 9.53. The quantitative estimate of drug-likeness (QED) is 0.531. The largest absolute Gasteiger partial charge is 0.493 e. The lowest BCUT2D eigenvalue weighted by atomic mass is 9.42. The number of nitrogens with zero attached hydrogens (tertiary/aromatic N) is 2. The molecule has 7 aliphatic rings. The standard InChI is InChI=1S/C32H46N2O3/c1-29-15-22-16-30(2,19-29)21-31(17-22,20-29)33(3)11-5-12-34-13-10-32-9-8-24(35)14-26(32)37-28-25(36-4)7-6-23(18-34)27(28)32/h6-9,22,24,26,35H,5,10-21H2,1-4H3/t22?,24-,26-,29?,30?,31?,32-/m0/s1. The van der Waals surface area contributed by atoms with E-state index in [0.717, 1.165) is 43.5 Å². The number of rotatable bonds is 6. The van der Waals surface area contributed by atoms with Gasteiger partial charge in [-0.2, -0.15) is 0 Å². The van der Waals surface area contributed by atoms with E-state index in [4.69, 9.17) is 9.47 Å². The van der Waals surface area contributed by atoms with E-state index in [1.54, 1.807) is 7.11 Å². The zero-order valence-corrected chi connectivity index (χ0v) is 23.4. The fourth-order valence-electron chi connectivity index (χ4n) is 10.8. The van der Waals surface area contributed by atoms with Gasteiger partial charge >= 0.3 is 0 Å². The molecule has 37 heavy (non-hydrogen) atoms. The van der Waals surface area contributed by atoms with Crippen molar-refractivity contribution in [3.63, 3.8) is 0 Å². The van der Waals surface area contributed by atoms with Crippen LogP contribution in [-0.2, 0) is 12.0 Å². The topological polar surface area (TPSA) is 45.2 Å². The van der Waals surface area contributed by atoms with Gasteiger partial charge in [-0.05, 0) is 106 Å². The molecule has 4 fully saturated rings. The van der Waals surface area contributed by atoms with E-state index in [0.29, 0.717) is 22.8 Å².